The highest BCUT2D eigenvalue weighted by molar-refractivity contribution is 5.45. The number of aryl methyl sites for hydroxylation is 1. The zero-order chi connectivity index (χ0) is 9.26. The van der Waals surface area contributed by atoms with Crippen molar-refractivity contribution in [2.75, 3.05) is 18.5 Å². The van der Waals surface area contributed by atoms with Crippen molar-refractivity contribution in [2.24, 2.45) is 0 Å². The average Bonchev–Trinajstić information content (AvgIpc) is 2.04. The highest BCUT2D eigenvalue weighted by Crippen LogP contribution is 2.15. The van der Waals surface area contributed by atoms with Crippen LogP contribution in [0.1, 0.15) is 11.3 Å². The largest absolute Gasteiger partial charge is 0.377 e. The molecule has 4 nitrogen and oxygen atoms in total. The van der Waals surface area contributed by atoms with Crippen molar-refractivity contribution in [2.45, 2.75) is 19.9 Å². The van der Waals surface area contributed by atoms with Crippen LogP contribution in [-0.4, -0.2) is 29.2 Å². The molecular weight excluding hydrogens is 166 g/mol. The smallest absolute Gasteiger partial charge is 0.132 e. The highest BCUT2D eigenvalue weighted by Gasteiger charge is 2.19. The van der Waals surface area contributed by atoms with Gasteiger partial charge in [-0.15, -0.1) is 0 Å². The second-order valence-corrected chi connectivity index (χ2v) is 3.31. The van der Waals surface area contributed by atoms with Crippen LogP contribution in [0.15, 0.2) is 6.33 Å². The van der Waals surface area contributed by atoms with Gasteiger partial charge in [-0.3, -0.25) is 0 Å². The number of aromatic nitrogens is 2. The van der Waals surface area contributed by atoms with Gasteiger partial charge in [-0.05, 0) is 13.8 Å². The van der Waals surface area contributed by atoms with Crippen molar-refractivity contribution < 1.29 is 4.74 Å². The van der Waals surface area contributed by atoms with E-state index in [0.29, 0.717) is 6.04 Å². The van der Waals surface area contributed by atoms with E-state index >= 15 is 0 Å². The Balaban J connectivity index is 2.14. The Morgan fingerprint density at radius 1 is 1.38 bits per heavy atom. The van der Waals surface area contributed by atoms with Gasteiger partial charge in [-0.25, -0.2) is 9.97 Å². The van der Waals surface area contributed by atoms with Gasteiger partial charge in [0, 0.05) is 11.3 Å². The van der Waals surface area contributed by atoms with E-state index in [1.165, 1.54) is 0 Å². The molecule has 1 saturated heterocycles. The molecule has 1 aromatic rings. The van der Waals surface area contributed by atoms with Crippen molar-refractivity contribution in [3.05, 3.63) is 17.6 Å². The summed E-state index contributed by atoms with van der Waals surface area (Å²) in [6.45, 7) is 5.57. The summed E-state index contributed by atoms with van der Waals surface area (Å²) >= 11 is 0. The molecule has 1 aliphatic heterocycles. The number of ether oxygens (including phenoxy) is 1. The predicted molar refractivity (Wildman–Crippen MR) is 49.7 cm³/mol. The van der Waals surface area contributed by atoms with E-state index in [1.807, 2.05) is 13.8 Å². The van der Waals surface area contributed by atoms with Gasteiger partial charge in [0.2, 0.25) is 0 Å². The van der Waals surface area contributed by atoms with Crippen LogP contribution in [0.25, 0.3) is 0 Å². The van der Waals surface area contributed by atoms with Crippen LogP contribution in [0.5, 0.6) is 0 Å². The molecule has 0 unspecified atom stereocenters. The van der Waals surface area contributed by atoms with Crippen LogP contribution >= 0.6 is 0 Å². The van der Waals surface area contributed by atoms with Crippen LogP contribution in [0.2, 0.25) is 0 Å². The van der Waals surface area contributed by atoms with Crippen LogP contribution < -0.4 is 5.32 Å². The van der Waals surface area contributed by atoms with Crippen molar-refractivity contribution in [3.63, 3.8) is 0 Å². The first-order valence-corrected chi connectivity index (χ1v) is 4.40. The third-order valence-corrected chi connectivity index (χ3v) is 2.32. The maximum Gasteiger partial charge on any atom is 0.132 e. The number of rotatable bonds is 2. The Hall–Kier alpha value is -1.16. The maximum atomic E-state index is 5.07. The quantitative estimate of drug-likeness (QED) is 0.732. The Morgan fingerprint density at radius 3 is 2.77 bits per heavy atom. The summed E-state index contributed by atoms with van der Waals surface area (Å²) in [6, 6.07) is 0.424. The van der Waals surface area contributed by atoms with Crippen molar-refractivity contribution in [3.8, 4) is 0 Å². The minimum absolute atomic E-state index is 0.424. The normalized spacial score (nSPS) is 16.8. The molecule has 70 valence electrons. The summed E-state index contributed by atoms with van der Waals surface area (Å²) < 4.78 is 5.07. The Labute approximate surface area is 77.4 Å². The van der Waals surface area contributed by atoms with Gasteiger partial charge >= 0.3 is 0 Å². The third-order valence-electron chi connectivity index (χ3n) is 2.32. The lowest BCUT2D eigenvalue weighted by atomic mass is 10.2. The summed E-state index contributed by atoms with van der Waals surface area (Å²) in [4.78, 5) is 8.29. The fourth-order valence-electron chi connectivity index (χ4n) is 1.20. The lowest BCUT2D eigenvalue weighted by Gasteiger charge is -2.27. The van der Waals surface area contributed by atoms with Gasteiger partial charge in [-0.2, -0.15) is 0 Å². The zero-order valence-corrected chi connectivity index (χ0v) is 7.87. The lowest BCUT2D eigenvalue weighted by molar-refractivity contribution is 0.0209. The molecule has 1 fully saturated rings. The molecule has 0 bridgehead atoms. The molecule has 1 aromatic heterocycles. The van der Waals surface area contributed by atoms with Gasteiger partial charge in [0.05, 0.1) is 19.3 Å². The summed E-state index contributed by atoms with van der Waals surface area (Å²) in [5, 5.41) is 3.31. The van der Waals surface area contributed by atoms with Crippen LogP contribution in [0.4, 0.5) is 5.82 Å². The first kappa shape index (κ1) is 8.44. The molecule has 13 heavy (non-hydrogen) atoms. The molecule has 0 spiro atoms. The molecule has 2 heterocycles. The first-order valence-electron chi connectivity index (χ1n) is 4.40. The molecule has 0 atom stereocenters. The molecular formula is C9H13N3O. The predicted octanol–water partition coefficient (Wildman–Crippen LogP) is 0.904. The number of hydrogen-bond donors (Lipinski definition) is 1. The van der Waals surface area contributed by atoms with E-state index in [2.05, 4.69) is 15.3 Å². The molecule has 0 radical (unpaired) electrons. The van der Waals surface area contributed by atoms with E-state index in [1.54, 1.807) is 6.33 Å². The minimum Gasteiger partial charge on any atom is -0.377 e. The van der Waals surface area contributed by atoms with Gasteiger partial charge in [0.25, 0.3) is 0 Å². The molecule has 0 aliphatic carbocycles. The second kappa shape index (κ2) is 3.30. The lowest BCUT2D eigenvalue weighted by Crippen LogP contribution is -2.40. The molecule has 2 rings (SSSR count). The van der Waals surface area contributed by atoms with E-state index in [0.717, 1.165) is 30.3 Å². The Kier molecular flexibility index (Phi) is 2.14. The molecule has 0 aromatic carbocycles. The molecule has 1 N–H and O–H groups in total. The van der Waals surface area contributed by atoms with Crippen LogP contribution in [0.3, 0.4) is 0 Å². The average molecular weight is 179 g/mol. The Bertz CT molecular complexity index is 310. The molecule has 4 heteroatoms. The van der Waals surface area contributed by atoms with Crippen LogP contribution in [-0.2, 0) is 4.74 Å². The van der Waals surface area contributed by atoms with Crippen molar-refractivity contribution >= 4 is 5.82 Å². The highest BCUT2D eigenvalue weighted by atomic mass is 16.5. The van der Waals surface area contributed by atoms with E-state index in [4.69, 9.17) is 4.74 Å². The summed E-state index contributed by atoms with van der Waals surface area (Å²) in [5.74, 6) is 0.931. The number of nitrogens with one attached hydrogen (secondary N) is 1. The van der Waals surface area contributed by atoms with Gasteiger partial charge in [0.1, 0.15) is 12.1 Å². The zero-order valence-electron chi connectivity index (χ0n) is 7.87. The molecule has 0 saturated carbocycles. The maximum absolute atomic E-state index is 5.07. The molecule has 1 aliphatic rings. The number of anilines is 1. The second-order valence-electron chi connectivity index (χ2n) is 3.31. The van der Waals surface area contributed by atoms with Gasteiger partial charge in [0.15, 0.2) is 0 Å². The Morgan fingerprint density at radius 2 is 2.15 bits per heavy atom. The summed E-state index contributed by atoms with van der Waals surface area (Å²) in [5.41, 5.74) is 2.15. The summed E-state index contributed by atoms with van der Waals surface area (Å²) in [7, 11) is 0. The third kappa shape index (κ3) is 1.62. The monoisotopic (exact) mass is 179 g/mol. The van der Waals surface area contributed by atoms with Crippen LogP contribution in [0, 0.1) is 13.8 Å². The fraction of sp³-hybridized carbons (Fsp3) is 0.556. The molecule has 0 amide bonds. The summed E-state index contributed by atoms with van der Waals surface area (Å²) in [6.07, 6.45) is 1.59. The topological polar surface area (TPSA) is 47.0 Å². The van der Waals surface area contributed by atoms with E-state index < -0.39 is 0 Å². The van der Waals surface area contributed by atoms with Crippen molar-refractivity contribution in [1.82, 2.24) is 9.97 Å². The number of hydrogen-bond acceptors (Lipinski definition) is 4. The fourth-order valence-corrected chi connectivity index (χ4v) is 1.20. The van der Waals surface area contributed by atoms with Crippen molar-refractivity contribution in [1.29, 1.82) is 0 Å². The SMILES string of the molecule is Cc1ncnc(NC2COC2)c1C. The van der Waals surface area contributed by atoms with Gasteiger partial charge in [-0.1, -0.05) is 0 Å². The van der Waals surface area contributed by atoms with Gasteiger partial charge < -0.3 is 10.1 Å². The first-order chi connectivity index (χ1) is 6.27. The number of nitrogens with zero attached hydrogens (tertiary/aromatic N) is 2. The van der Waals surface area contributed by atoms with E-state index in [9.17, 15) is 0 Å². The standard InChI is InChI=1S/C9H13N3O/c1-6-7(2)10-5-11-9(6)12-8-3-13-4-8/h5,8H,3-4H2,1-2H3,(H,10,11,12). The minimum atomic E-state index is 0.424. The van der Waals surface area contributed by atoms with E-state index in [-0.39, 0.29) is 0 Å².